The van der Waals surface area contributed by atoms with Crippen molar-refractivity contribution < 1.29 is 9.53 Å². The second kappa shape index (κ2) is 8.47. The van der Waals surface area contributed by atoms with Crippen molar-refractivity contribution in [3.8, 4) is 5.75 Å². The summed E-state index contributed by atoms with van der Waals surface area (Å²) in [5.74, 6) is 0.777. The van der Waals surface area contributed by atoms with Crippen LogP contribution < -0.4 is 15.9 Å². The molecule has 1 aromatic heterocycles. The van der Waals surface area contributed by atoms with Crippen LogP contribution in [0.5, 0.6) is 5.75 Å². The van der Waals surface area contributed by atoms with Crippen molar-refractivity contribution in [1.29, 1.82) is 0 Å². The summed E-state index contributed by atoms with van der Waals surface area (Å²) in [6.07, 6.45) is 3.15. The monoisotopic (exact) mass is 412 g/mol. The van der Waals surface area contributed by atoms with Gasteiger partial charge in [-0.15, -0.1) is 0 Å². The fourth-order valence-corrected chi connectivity index (χ4v) is 4.82. The lowest BCUT2D eigenvalue weighted by Crippen LogP contribution is -2.45. The van der Waals surface area contributed by atoms with Crippen LogP contribution in [-0.2, 0) is 17.8 Å². The Morgan fingerprint density at radius 3 is 2.83 bits per heavy atom. The summed E-state index contributed by atoms with van der Waals surface area (Å²) in [6.45, 7) is 4.29. The van der Waals surface area contributed by atoms with E-state index in [0.717, 1.165) is 44.6 Å². The fourth-order valence-electron chi connectivity index (χ4n) is 4.82. The molecule has 0 saturated carbocycles. The molecular weight excluding hydrogens is 384 g/mol. The molecular formula is C22H28N4O4. The number of carbonyl (C=O) groups excluding carboxylic acids is 1. The van der Waals surface area contributed by atoms with Crippen LogP contribution in [0.3, 0.4) is 0 Å². The number of hydrogen-bond donors (Lipinski definition) is 2. The predicted octanol–water partition coefficient (Wildman–Crippen LogP) is 1.13. The van der Waals surface area contributed by atoms with Crippen molar-refractivity contribution in [2.24, 2.45) is 5.41 Å². The van der Waals surface area contributed by atoms with Gasteiger partial charge >= 0.3 is 0 Å². The number of H-pyrrole nitrogens is 2. The highest BCUT2D eigenvalue weighted by Crippen LogP contribution is 2.39. The molecule has 8 nitrogen and oxygen atoms in total. The van der Waals surface area contributed by atoms with Crippen LogP contribution >= 0.6 is 0 Å². The van der Waals surface area contributed by atoms with Gasteiger partial charge in [-0.05, 0) is 43.5 Å². The Kier molecular flexibility index (Phi) is 5.76. The molecule has 0 radical (unpaired) electrons. The van der Waals surface area contributed by atoms with E-state index in [1.54, 1.807) is 7.11 Å². The second-order valence-corrected chi connectivity index (χ2v) is 8.52. The molecule has 1 spiro atoms. The molecule has 1 unspecified atom stereocenters. The molecule has 0 aliphatic carbocycles. The Balaban J connectivity index is 1.39. The third-order valence-electron chi connectivity index (χ3n) is 6.31. The minimum Gasteiger partial charge on any atom is -0.497 e. The van der Waals surface area contributed by atoms with E-state index >= 15 is 0 Å². The van der Waals surface area contributed by atoms with Crippen molar-refractivity contribution in [3.63, 3.8) is 0 Å². The van der Waals surface area contributed by atoms with Crippen molar-refractivity contribution in [1.82, 2.24) is 20.0 Å². The summed E-state index contributed by atoms with van der Waals surface area (Å²) in [6, 6.07) is 9.37. The maximum Gasteiger partial charge on any atom is 0.266 e. The van der Waals surface area contributed by atoms with E-state index in [1.165, 1.54) is 11.6 Å². The van der Waals surface area contributed by atoms with Gasteiger partial charge in [-0.1, -0.05) is 12.1 Å². The maximum atomic E-state index is 12.8. The number of hydrogen-bond acceptors (Lipinski definition) is 5. The Labute approximate surface area is 174 Å². The van der Waals surface area contributed by atoms with Gasteiger partial charge < -0.3 is 9.64 Å². The molecule has 2 N–H and O–H groups in total. The number of amides is 1. The van der Waals surface area contributed by atoms with Gasteiger partial charge in [0.1, 0.15) is 5.75 Å². The highest BCUT2D eigenvalue weighted by molar-refractivity contribution is 5.79. The van der Waals surface area contributed by atoms with E-state index in [9.17, 15) is 14.4 Å². The van der Waals surface area contributed by atoms with Gasteiger partial charge in [0, 0.05) is 43.2 Å². The Morgan fingerprint density at radius 1 is 1.13 bits per heavy atom. The molecule has 4 rings (SSSR count). The zero-order valence-electron chi connectivity index (χ0n) is 17.3. The van der Waals surface area contributed by atoms with E-state index < -0.39 is 11.1 Å². The first-order valence-electron chi connectivity index (χ1n) is 10.4. The number of aromatic amines is 2. The van der Waals surface area contributed by atoms with Crippen LogP contribution in [0.25, 0.3) is 0 Å². The molecule has 2 saturated heterocycles. The number of methoxy groups -OCH3 is 1. The molecule has 30 heavy (non-hydrogen) atoms. The maximum absolute atomic E-state index is 12.8. The number of carbonyl (C=O) groups is 1. The average Bonchev–Trinajstić information content (AvgIpc) is 3.14. The van der Waals surface area contributed by atoms with Crippen molar-refractivity contribution in [3.05, 3.63) is 62.2 Å². The molecule has 1 amide bonds. The van der Waals surface area contributed by atoms with E-state index in [1.807, 2.05) is 17.0 Å². The molecule has 2 aromatic rings. The van der Waals surface area contributed by atoms with Crippen LogP contribution in [0, 0.1) is 5.41 Å². The third-order valence-corrected chi connectivity index (χ3v) is 6.31. The zero-order chi connectivity index (χ0) is 21.1. The van der Waals surface area contributed by atoms with Crippen LogP contribution in [0.2, 0.25) is 0 Å². The van der Waals surface area contributed by atoms with E-state index in [0.29, 0.717) is 13.1 Å². The summed E-state index contributed by atoms with van der Waals surface area (Å²) < 4.78 is 5.33. The minimum atomic E-state index is -0.418. The Bertz CT molecular complexity index is 1030. The van der Waals surface area contributed by atoms with E-state index in [2.05, 4.69) is 27.2 Å². The van der Waals surface area contributed by atoms with Crippen molar-refractivity contribution in [2.45, 2.75) is 32.2 Å². The van der Waals surface area contributed by atoms with Crippen LogP contribution in [0.4, 0.5) is 0 Å². The first-order valence-corrected chi connectivity index (χ1v) is 10.4. The molecule has 1 aromatic carbocycles. The molecule has 2 fully saturated rings. The Hall–Kier alpha value is -2.87. The standard InChI is InChI=1S/C22H28N4O4/c1-30-18-5-2-4-16(10-18)13-25-8-3-6-22(14-25)7-9-26(15-22)20(28)12-17-11-19(27)23-24-21(17)29/h2,4-5,10-11H,3,6-9,12-15H2,1H3,(H,23,27)(H,24,29). The number of likely N-dealkylation sites (tertiary alicyclic amines) is 2. The van der Waals surface area contributed by atoms with Crippen LogP contribution in [0.15, 0.2) is 39.9 Å². The molecule has 160 valence electrons. The number of nitrogens with zero attached hydrogens (tertiary/aromatic N) is 2. The summed E-state index contributed by atoms with van der Waals surface area (Å²) in [4.78, 5) is 40.4. The zero-order valence-corrected chi connectivity index (χ0v) is 17.3. The number of rotatable bonds is 5. The summed E-state index contributed by atoms with van der Waals surface area (Å²) in [5, 5.41) is 4.51. The van der Waals surface area contributed by atoms with E-state index in [-0.39, 0.29) is 23.3 Å². The summed E-state index contributed by atoms with van der Waals surface area (Å²) >= 11 is 0. The first kappa shape index (κ1) is 20.4. The third kappa shape index (κ3) is 4.48. The van der Waals surface area contributed by atoms with E-state index in [4.69, 9.17) is 4.74 Å². The lowest BCUT2D eigenvalue weighted by atomic mass is 9.79. The number of benzene rings is 1. The van der Waals surface area contributed by atoms with Crippen LogP contribution in [0.1, 0.15) is 30.4 Å². The molecule has 3 heterocycles. The van der Waals surface area contributed by atoms with Crippen molar-refractivity contribution in [2.75, 3.05) is 33.3 Å². The van der Waals surface area contributed by atoms with Crippen molar-refractivity contribution >= 4 is 5.91 Å². The fraction of sp³-hybridized carbons (Fsp3) is 0.500. The Morgan fingerprint density at radius 2 is 2.00 bits per heavy atom. The smallest absolute Gasteiger partial charge is 0.266 e. The van der Waals surface area contributed by atoms with Gasteiger partial charge in [0.15, 0.2) is 0 Å². The second-order valence-electron chi connectivity index (χ2n) is 8.52. The minimum absolute atomic E-state index is 0.0388. The van der Waals surface area contributed by atoms with Gasteiger partial charge in [-0.2, -0.15) is 0 Å². The van der Waals surface area contributed by atoms with Gasteiger partial charge in [0.2, 0.25) is 5.91 Å². The van der Waals surface area contributed by atoms with Gasteiger partial charge in [-0.3, -0.25) is 29.5 Å². The largest absolute Gasteiger partial charge is 0.497 e. The molecule has 1 atom stereocenters. The normalized spacial score (nSPS) is 21.8. The molecule has 0 bridgehead atoms. The predicted molar refractivity (Wildman–Crippen MR) is 113 cm³/mol. The number of nitrogens with one attached hydrogen (secondary N) is 2. The molecule has 2 aliphatic rings. The average molecular weight is 412 g/mol. The summed E-state index contributed by atoms with van der Waals surface area (Å²) in [7, 11) is 1.68. The molecule has 8 heteroatoms. The van der Waals surface area contributed by atoms with Gasteiger partial charge in [-0.25, -0.2) is 0 Å². The number of piperidine rings is 1. The van der Waals surface area contributed by atoms with Gasteiger partial charge in [0.05, 0.1) is 13.5 Å². The topological polar surface area (TPSA) is 98.5 Å². The number of aromatic nitrogens is 2. The highest BCUT2D eigenvalue weighted by atomic mass is 16.5. The lowest BCUT2D eigenvalue weighted by molar-refractivity contribution is -0.130. The number of ether oxygens (including phenoxy) is 1. The van der Waals surface area contributed by atoms with Crippen LogP contribution in [-0.4, -0.2) is 59.2 Å². The summed E-state index contributed by atoms with van der Waals surface area (Å²) in [5.41, 5.74) is 0.724. The first-order chi connectivity index (χ1) is 14.5. The molecule has 2 aliphatic heterocycles. The lowest BCUT2D eigenvalue weighted by Gasteiger charge is -2.40. The quantitative estimate of drug-likeness (QED) is 0.767. The SMILES string of the molecule is COc1cccc(CN2CCCC3(CCN(C(=O)Cc4cc(=O)[nH][nH]c4=O)C3)C2)c1. The van der Waals surface area contributed by atoms with Gasteiger partial charge in [0.25, 0.3) is 11.1 Å². The highest BCUT2D eigenvalue weighted by Gasteiger charge is 2.42.